The van der Waals surface area contributed by atoms with Gasteiger partial charge in [-0.25, -0.2) is 0 Å². The van der Waals surface area contributed by atoms with Gasteiger partial charge in [0.15, 0.2) is 0 Å². The number of likely N-dealkylation sites (N-methyl/N-ethyl adjacent to an activating group) is 1. The molecule has 3 heteroatoms. The van der Waals surface area contributed by atoms with Crippen LogP contribution in [0.1, 0.15) is 43.3 Å². The predicted molar refractivity (Wildman–Crippen MR) is 92.8 cm³/mol. The lowest BCUT2D eigenvalue weighted by Crippen LogP contribution is -2.36. The van der Waals surface area contributed by atoms with E-state index in [0.29, 0.717) is 12.1 Å². The largest absolute Gasteiger partial charge is 0.308 e. The third kappa shape index (κ3) is 4.40. The number of nitrogens with one attached hydrogen (secondary N) is 1. The summed E-state index contributed by atoms with van der Waals surface area (Å²) in [5.74, 6) is 0. The number of benzene rings is 1. The highest BCUT2D eigenvalue weighted by atomic mass is 32.1. The molecule has 0 aliphatic heterocycles. The van der Waals surface area contributed by atoms with Gasteiger partial charge in [0.25, 0.3) is 0 Å². The summed E-state index contributed by atoms with van der Waals surface area (Å²) in [5.41, 5.74) is 1.40. The quantitative estimate of drug-likeness (QED) is 0.773. The van der Waals surface area contributed by atoms with E-state index >= 15 is 0 Å². The molecule has 0 spiro atoms. The van der Waals surface area contributed by atoms with E-state index in [-0.39, 0.29) is 0 Å². The lowest BCUT2D eigenvalue weighted by molar-refractivity contribution is 0.209. The maximum atomic E-state index is 3.70. The summed E-state index contributed by atoms with van der Waals surface area (Å²) in [6.07, 6.45) is 0. The van der Waals surface area contributed by atoms with Gasteiger partial charge < -0.3 is 5.32 Å². The summed E-state index contributed by atoms with van der Waals surface area (Å²) in [7, 11) is 0. The average Bonchev–Trinajstić information content (AvgIpc) is 3.06. The molecule has 2 nitrogen and oxygen atoms in total. The third-order valence-electron chi connectivity index (χ3n) is 4.02. The van der Waals surface area contributed by atoms with Gasteiger partial charge in [-0.2, -0.15) is 0 Å². The summed E-state index contributed by atoms with van der Waals surface area (Å²) in [4.78, 5) is 3.92. The molecular formula is C18H26N2S. The van der Waals surface area contributed by atoms with Gasteiger partial charge in [-0.1, -0.05) is 50.2 Å². The van der Waals surface area contributed by atoms with Crippen LogP contribution < -0.4 is 5.32 Å². The maximum absolute atomic E-state index is 3.70. The Kier molecular flexibility index (Phi) is 6.43. The van der Waals surface area contributed by atoms with Gasteiger partial charge in [0.1, 0.15) is 0 Å². The van der Waals surface area contributed by atoms with Crippen LogP contribution in [0.3, 0.4) is 0 Å². The van der Waals surface area contributed by atoms with Crippen molar-refractivity contribution in [1.29, 1.82) is 0 Å². The zero-order chi connectivity index (χ0) is 15.1. The molecule has 0 fully saturated rings. The Labute approximate surface area is 132 Å². The number of hydrogen-bond acceptors (Lipinski definition) is 3. The molecule has 2 unspecified atom stereocenters. The van der Waals surface area contributed by atoms with Crippen molar-refractivity contribution in [2.45, 2.75) is 32.9 Å². The molecule has 0 amide bonds. The normalized spacial score (nSPS) is 14.3. The van der Waals surface area contributed by atoms with E-state index in [2.05, 4.69) is 78.8 Å². The van der Waals surface area contributed by atoms with Crippen LogP contribution in [0, 0.1) is 0 Å². The Balaban J connectivity index is 2.06. The molecule has 0 bridgehead atoms. The molecule has 114 valence electrons. The van der Waals surface area contributed by atoms with Crippen LogP contribution >= 0.6 is 11.3 Å². The van der Waals surface area contributed by atoms with Crippen molar-refractivity contribution in [1.82, 2.24) is 10.2 Å². The van der Waals surface area contributed by atoms with Gasteiger partial charge in [-0.15, -0.1) is 11.3 Å². The summed E-state index contributed by atoms with van der Waals surface area (Å²) in [6, 6.07) is 16.0. The maximum Gasteiger partial charge on any atom is 0.0472 e. The number of thiophene rings is 1. The summed E-state index contributed by atoms with van der Waals surface area (Å²) in [6.45, 7) is 9.85. The van der Waals surface area contributed by atoms with Crippen molar-refractivity contribution < 1.29 is 0 Å². The second-order valence-corrected chi connectivity index (χ2v) is 6.27. The monoisotopic (exact) mass is 302 g/mol. The molecule has 1 heterocycles. The topological polar surface area (TPSA) is 15.3 Å². The first-order valence-electron chi connectivity index (χ1n) is 7.82. The van der Waals surface area contributed by atoms with Gasteiger partial charge in [0, 0.05) is 23.5 Å². The molecule has 0 aliphatic rings. The zero-order valence-corrected chi connectivity index (χ0v) is 14.1. The van der Waals surface area contributed by atoms with Crippen molar-refractivity contribution in [3.8, 4) is 0 Å². The van der Waals surface area contributed by atoms with Crippen LogP contribution in [0.5, 0.6) is 0 Å². The van der Waals surface area contributed by atoms with Crippen LogP contribution in [-0.2, 0) is 0 Å². The van der Waals surface area contributed by atoms with Crippen LogP contribution in [0.15, 0.2) is 47.8 Å². The molecule has 2 atom stereocenters. The molecule has 1 aromatic heterocycles. The van der Waals surface area contributed by atoms with E-state index in [1.54, 1.807) is 0 Å². The Bertz CT molecular complexity index is 491. The minimum absolute atomic E-state index is 0.409. The molecule has 0 saturated carbocycles. The molecule has 0 aliphatic carbocycles. The molecule has 2 aromatic rings. The first-order valence-corrected chi connectivity index (χ1v) is 8.70. The summed E-state index contributed by atoms with van der Waals surface area (Å²) >= 11 is 1.82. The number of nitrogens with zero attached hydrogens (tertiary/aromatic N) is 1. The first-order chi connectivity index (χ1) is 10.3. The highest BCUT2D eigenvalue weighted by Crippen LogP contribution is 2.22. The second-order valence-electron chi connectivity index (χ2n) is 5.29. The Morgan fingerprint density at radius 2 is 1.76 bits per heavy atom. The lowest BCUT2D eigenvalue weighted by atomic mass is 10.0. The van der Waals surface area contributed by atoms with E-state index in [4.69, 9.17) is 0 Å². The van der Waals surface area contributed by atoms with E-state index in [9.17, 15) is 0 Å². The van der Waals surface area contributed by atoms with Crippen LogP contribution in [0.25, 0.3) is 0 Å². The van der Waals surface area contributed by atoms with Crippen LogP contribution in [-0.4, -0.2) is 24.5 Å². The van der Waals surface area contributed by atoms with Crippen LogP contribution in [0.4, 0.5) is 0 Å². The summed E-state index contributed by atoms with van der Waals surface area (Å²) in [5, 5.41) is 5.85. The van der Waals surface area contributed by atoms with Gasteiger partial charge in [0.05, 0.1) is 0 Å². The standard InChI is InChI=1S/C18H26N2S/c1-4-20(5-2)17(16-10-7-6-8-11-16)14-19-15(3)18-12-9-13-21-18/h6-13,15,17,19H,4-5,14H2,1-3H3. The van der Waals surface area contributed by atoms with Crippen LogP contribution in [0.2, 0.25) is 0 Å². The highest BCUT2D eigenvalue weighted by molar-refractivity contribution is 7.10. The molecule has 0 saturated heterocycles. The molecule has 1 aromatic carbocycles. The SMILES string of the molecule is CCN(CC)C(CNC(C)c1cccs1)c1ccccc1. The average molecular weight is 302 g/mol. The molecule has 0 radical (unpaired) electrons. The Morgan fingerprint density at radius 3 is 2.33 bits per heavy atom. The van der Waals surface area contributed by atoms with Crippen molar-refractivity contribution in [2.75, 3.05) is 19.6 Å². The van der Waals surface area contributed by atoms with E-state index < -0.39 is 0 Å². The van der Waals surface area contributed by atoms with Crippen molar-refractivity contribution in [2.24, 2.45) is 0 Å². The van der Waals surface area contributed by atoms with Crippen molar-refractivity contribution in [3.63, 3.8) is 0 Å². The molecule has 21 heavy (non-hydrogen) atoms. The number of hydrogen-bond donors (Lipinski definition) is 1. The van der Waals surface area contributed by atoms with E-state index in [1.807, 2.05) is 11.3 Å². The zero-order valence-electron chi connectivity index (χ0n) is 13.3. The third-order valence-corrected chi connectivity index (χ3v) is 5.08. The Hall–Kier alpha value is -1.16. The molecule has 2 rings (SSSR count). The minimum Gasteiger partial charge on any atom is -0.308 e. The van der Waals surface area contributed by atoms with E-state index in [0.717, 1.165) is 19.6 Å². The number of rotatable bonds is 8. The fourth-order valence-corrected chi connectivity index (χ4v) is 3.48. The predicted octanol–water partition coefficient (Wildman–Crippen LogP) is 4.48. The highest BCUT2D eigenvalue weighted by Gasteiger charge is 2.18. The molecule has 1 N–H and O–H groups in total. The van der Waals surface area contributed by atoms with E-state index in [1.165, 1.54) is 10.4 Å². The fraction of sp³-hybridized carbons (Fsp3) is 0.444. The minimum atomic E-state index is 0.409. The smallest absolute Gasteiger partial charge is 0.0472 e. The van der Waals surface area contributed by atoms with Gasteiger partial charge in [-0.3, -0.25) is 4.90 Å². The molecular weight excluding hydrogens is 276 g/mol. The van der Waals surface area contributed by atoms with Crippen molar-refractivity contribution in [3.05, 3.63) is 58.3 Å². The Morgan fingerprint density at radius 1 is 1.05 bits per heavy atom. The first kappa shape index (κ1) is 16.2. The summed E-state index contributed by atoms with van der Waals surface area (Å²) < 4.78 is 0. The van der Waals surface area contributed by atoms with Gasteiger partial charge >= 0.3 is 0 Å². The van der Waals surface area contributed by atoms with Gasteiger partial charge in [0.2, 0.25) is 0 Å². The fourth-order valence-electron chi connectivity index (χ4n) is 2.72. The van der Waals surface area contributed by atoms with Crippen molar-refractivity contribution >= 4 is 11.3 Å². The second kappa shape index (κ2) is 8.32. The van der Waals surface area contributed by atoms with Gasteiger partial charge in [-0.05, 0) is 37.0 Å². The lowest BCUT2D eigenvalue weighted by Gasteiger charge is -2.31.